The fourth-order valence-electron chi connectivity index (χ4n) is 3.93. The third-order valence-corrected chi connectivity index (χ3v) is 6.36. The third-order valence-electron chi connectivity index (χ3n) is 5.50. The van der Waals surface area contributed by atoms with Gasteiger partial charge < -0.3 is 15.1 Å². The highest BCUT2D eigenvalue weighted by atomic mass is 32.1. The molecule has 6 nitrogen and oxygen atoms in total. The minimum Gasteiger partial charge on any atom is -0.342 e. The molecule has 0 aliphatic carbocycles. The summed E-state index contributed by atoms with van der Waals surface area (Å²) in [5.74, 6) is -0.192. The number of fused-ring (bicyclic) bond motifs is 1. The van der Waals surface area contributed by atoms with Crippen molar-refractivity contribution < 1.29 is 14.4 Å². The van der Waals surface area contributed by atoms with E-state index in [-0.39, 0.29) is 30.2 Å². The minimum absolute atomic E-state index is 0.00511. The zero-order chi connectivity index (χ0) is 19.5. The Kier molecular flexibility index (Phi) is 5.43. The van der Waals surface area contributed by atoms with Crippen LogP contribution in [0, 0.1) is 5.92 Å². The maximum Gasteiger partial charge on any atom is 0.261 e. The van der Waals surface area contributed by atoms with E-state index in [9.17, 15) is 14.4 Å². The average Bonchev–Trinajstić information content (AvgIpc) is 3.41. The molecular formula is C21H23N3O3S. The lowest BCUT2D eigenvalue weighted by Crippen LogP contribution is -2.47. The molecular weight excluding hydrogens is 374 g/mol. The number of para-hydroxylation sites is 1. The molecule has 0 radical (unpaired) electrons. The van der Waals surface area contributed by atoms with Gasteiger partial charge in [-0.05, 0) is 42.3 Å². The van der Waals surface area contributed by atoms with Gasteiger partial charge in [0.2, 0.25) is 11.8 Å². The van der Waals surface area contributed by atoms with Gasteiger partial charge >= 0.3 is 0 Å². The molecule has 3 heterocycles. The molecule has 1 aromatic carbocycles. The number of thiophene rings is 1. The second kappa shape index (κ2) is 8.14. The highest BCUT2D eigenvalue weighted by Crippen LogP contribution is 2.31. The lowest BCUT2D eigenvalue weighted by atomic mass is 9.95. The summed E-state index contributed by atoms with van der Waals surface area (Å²) in [6.45, 7) is 1.85. The maximum absolute atomic E-state index is 13.0. The molecule has 1 N–H and O–H groups in total. The van der Waals surface area contributed by atoms with Gasteiger partial charge in [-0.1, -0.05) is 24.3 Å². The van der Waals surface area contributed by atoms with Crippen LogP contribution in [-0.4, -0.2) is 48.8 Å². The molecule has 2 aromatic rings. The van der Waals surface area contributed by atoms with Gasteiger partial charge in [-0.3, -0.25) is 14.4 Å². The molecule has 1 saturated heterocycles. The summed E-state index contributed by atoms with van der Waals surface area (Å²) >= 11 is 1.35. The number of amides is 3. The van der Waals surface area contributed by atoms with E-state index in [4.69, 9.17) is 0 Å². The second-order valence-electron chi connectivity index (χ2n) is 7.18. The second-order valence-corrected chi connectivity index (χ2v) is 8.13. The van der Waals surface area contributed by atoms with E-state index in [0.29, 0.717) is 30.8 Å². The van der Waals surface area contributed by atoms with Crippen LogP contribution in [0.15, 0.2) is 41.8 Å². The summed E-state index contributed by atoms with van der Waals surface area (Å²) in [5, 5.41) is 4.51. The Labute approximate surface area is 168 Å². The van der Waals surface area contributed by atoms with E-state index in [0.717, 1.165) is 18.7 Å². The third kappa shape index (κ3) is 3.80. The van der Waals surface area contributed by atoms with Gasteiger partial charge in [0.05, 0.1) is 11.4 Å². The van der Waals surface area contributed by atoms with Crippen molar-refractivity contribution in [3.63, 3.8) is 0 Å². The van der Waals surface area contributed by atoms with Crippen LogP contribution in [0.25, 0.3) is 0 Å². The molecule has 2 aliphatic rings. The van der Waals surface area contributed by atoms with Gasteiger partial charge in [0.25, 0.3) is 5.91 Å². The van der Waals surface area contributed by atoms with Gasteiger partial charge in [-0.2, -0.15) is 0 Å². The highest BCUT2D eigenvalue weighted by molar-refractivity contribution is 7.12. The van der Waals surface area contributed by atoms with E-state index in [1.807, 2.05) is 34.5 Å². The monoisotopic (exact) mass is 397 g/mol. The average molecular weight is 398 g/mol. The van der Waals surface area contributed by atoms with Gasteiger partial charge in [0, 0.05) is 31.2 Å². The molecule has 0 spiro atoms. The van der Waals surface area contributed by atoms with E-state index in [1.54, 1.807) is 11.0 Å². The predicted molar refractivity (Wildman–Crippen MR) is 108 cm³/mol. The number of likely N-dealkylation sites (tertiary alicyclic amines) is 1. The summed E-state index contributed by atoms with van der Waals surface area (Å²) in [4.78, 5) is 41.5. The number of nitrogens with one attached hydrogen (secondary N) is 1. The first-order chi connectivity index (χ1) is 13.6. The van der Waals surface area contributed by atoms with Crippen molar-refractivity contribution in [3.8, 4) is 0 Å². The van der Waals surface area contributed by atoms with Crippen LogP contribution in [0.5, 0.6) is 0 Å². The van der Waals surface area contributed by atoms with Crippen LogP contribution in [0.2, 0.25) is 0 Å². The SMILES string of the molecule is O=C(NCC(=O)N1CCC(C(=O)N2CCc3ccccc32)CC1)c1cccs1. The van der Waals surface area contributed by atoms with E-state index < -0.39 is 0 Å². The molecule has 2 aliphatic heterocycles. The number of hydrogen-bond donors (Lipinski definition) is 1. The fraction of sp³-hybridized carbons (Fsp3) is 0.381. The minimum atomic E-state index is -0.221. The Morgan fingerprint density at radius 3 is 2.57 bits per heavy atom. The fourth-order valence-corrected chi connectivity index (χ4v) is 4.57. The quantitative estimate of drug-likeness (QED) is 0.861. The molecule has 4 rings (SSSR count). The molecule has 28 heavy (non-hydrogen) atoms. The van der Waals surface area contributed by atoms with Crippen molar-refractivity contribution in [1.82, 2.24) is 10.2 Å². The molecule has 0 saturated carbocycles. The zero-order valence-electron chi connectivity index (χ0n) is 15.6. The standard InChI is InChI=1S/C21H23N3O3S/c25-19(14-22-20(26)18-6-3-13-28-18)23-10-7-16(8-11-23)21(27)24-12-9-15-4-1-2-5-17(15)24/h1-6,13,16H,7-12,14H2,(H,22,26). The highest BCUT2D eigenvalue weighted by Gasteiger charge is 2.33. The van der Waals surface area contributed by atoms with E-state index in [2.05, 4.69) is 11.4 Å². The van der Waals surface area contributed by atoms with Crippen molar-refractivity contribution >= 4 is 34.7 Å². The Morgan fingerprint density at radius 1 is 1.04 bits per heavy atom. The predicted octanol–water partition coefficient (Wildman–Crippen LogP) is 2.31. The van der Waals surface area contributed by atoms with Crippen LogP contribution in [0.4, 0.5) is 5.69 Å². The van der Waals surface area contributed by atoms with Gasteiger partial charge in [-0.25, -0.2) is 0 Å². The molecule has 1 fully saturated rings. The van der Waals surface area contributed by atoms with Crippen molar-refractivity contribution in [2.75, 3.05) is 31.1 Å². The first-order valence-corrected chi connectivity index (χ1v) is 10.5. The summed E-state index contributed by atoms with van der Waals surface area (Å²) in [5.41, 5.74) is 2.26. The van der Waals surface area contributed by atoms with Crippen LogP contribution < -0.4 is 10.2 Å². The molecule has 7 heteroatoms. The van der Waals surface area contributed by atoms with Gasteiger partial charge in [0.1, 0.15) is 0 Å². The topological polar surface area (TPSA) is 69.7 Å². The van der Waals surface area contributed by atoms with Crippen molar-refractivity contribution in [2.24, 2.45) is 5.92 Å². The number of hydrogen-bond acceptors (Lipinski definition) is 4. The largest absolute Gasteiger partial charge is 0.342 e. The maximum atomic E-state index is 13.0. The van der Waals surface area contributed by atoms with Crippen LogP contribution >= 0.6 is 11.3 Å². The summed E-state index contributed by atoms with van der Waals surface area (Å²) in [6, 6.07) is 11.6. The first-order valence-electron chi connectivity index (χ1n) is 9.62. The number of anilines is 1. The number of rotatable bonds is 4. The van der Waals surface area contributed by atoms with E-state index in [1.165, 1.54) is 16.9 Å². The smallest absolute Gasteiger partial charge is 0.261 e. The first kappa shape index (κ1) is 18.7. The Hall–Kier alpha value is -2.67. The van der Waals surface area contributed by atoms with Crippen molar-refractivity contribution in [3.05, 3.63) is 52.2 Å². The molecule has 0 atom stereocenters. The van der Waals surface area contributed by atoms with Gasteiger partial charge in [-0.15, -0.1) is 11.3 Å². The molecule has 146 valence electrons. The summed E-state index contributed by atoms with van der Waals surface area (Å²) in [7, 11) is 0. The Balaban J connectivity index is 1.27. The number of benzene rings is 1. The normalized spacial score (nSPS) is 16.7. The number of carbonyl (C=O) groups is 3. The van der Waals surface area contributed by atoms with Gasteiger partial charge in [0.15, 0.2) is 0 Å². The molecule has 1 aromatic heterocycles. The summed E-state index contributed by atoms with van der Waals surface area (Å²) < 4.78 is 0. The molecule has 3 amide bonds. The van der Waals surface area contributed by atoms with Crippen molar-refractivity contribution in [1.29, 1.82) is 0 Å². The number of carbonyl (C=O) groups excluding carboxylic acids is 3. The number of piperidine rings is 1. The van der Waals surface area contributed by atoms with Crippen LogP contribution in [-0.2, 0) is 16.0 Å². The Morgan fingerprint density at radius 2 is 1.82 bits per heavy atom. The van der Waals surface area contributed by atoms with Crippen LogP contribution in [0.1, 0.15) is 28.1 Å². The lowest BCUT2D eigenvalue weighted by Gasteiger charge is -2.33. The summed E-state index contributed by atoms with van der Waals surface area (Å²) in [6.07, 6.45) is 2.24. The molecule has 0 bridgehead atoms. The Bertz CT molecular complexity index is 873. The lowest BCUT2D eigenvalue weighted by molar-refractivity contribution is -0.134. The number of nitrogens with zero attached hydrogens (tertiary/aromatic N) is 2. The van der Waals surface area contributed by atoms with Crippen molar-refractivity contribution in [2.45, 2.75) is 19.3 Å². The molecule has 0 unspecified atom stereocenters. The van der Waals surface area contributed by atoms with Crippen LogP contribution in [0.3, 0.4) is 0 Å². The zero-order valence-corrected chi connectivity index (χ0v) is 16.4. The van der Waals surface area contributed by atoms with E-state index >= 15 is 0 Å².